The summed E-state index contributed by atoms with van der Waals surface area (Å²) in [5.41, 5.74) is 7.06. The molecule has 0 aliphatic rings. The van der Waals surface area contributed by atoms with Crippen LogP contribution in [0.25, 0.3) is 11.2 Å². The smallest absolute Gasteiger partial charge is 0.303 e. The van der Waals surface area contributed by atoms with Gasteiger partial charge in [-0.05, 0) is 12.8 Å². The molecule has 2 aromatic rings. The van der Waals surface area contributed by atoms with Gasteiger partial charge in [0.15, 0.2) is 11.5 Å². The molecule has 0 aliphatic heterocycles. The summed E-state index contributed by atoms with van der Waals surface area (Å²) in [5.74, 6) is 0.374. The van der Waals surface area contributed by atoms with E-state index >= 15 is 0 Å². The Bertz CT molecular complexity index is 566. The van der Waals surface area contributed by atoms with Crippen molar-refractivity contribution in [2.75, 3.05) is 5.73 Å². The number of nitrogen functional groups attached to an aromatic ring is 1. The van der Waals surface area contributed by atoms with Crippen LogP contribution < -0.4 is 5.73 Å². The van der Waals surface area contributed by atoms with Gasteiger partial charge in [-0.25, -0.2) is 15.0 Å². The number of aromatic nitrogens is 4. The van der Waals surface area contributed by atoms with Crippen LogP contribution in [0.4, 0.5) is 5.82 Å². The summed E-state index contributed by atoms with van der Waals surface area (Å²) in [6.07, 6.45) is 6.04. The third kappa shape index (κ3) is 3.64. The van der Waals surface area contributed by atoms with Crippen LogP contribution in [0.5, 0.6) is 0 Å². The van der Waals surface area contributed by atoms with Gasteiger partial charge in [0.25, 0.3) is 0 Å². The maximum Gasteiger partial charge on any atom is 0.303 e. The molecule has 102 valence electrons. The summed E-state index contributed by atoms with van der Waals surface area (Å²) in [7, 11) is 0. The molecule has 7 heteroatoms. The van der Waals surface area contributed by atoms with E-state index in [0.717, 1.165) is 32.1 Å². The van der Waals surface area contributed by atoms with Crippen molar-refractivity contribution in [2.24, 2.45) is 0 Å². The highest BCUT2D eigenvalue weighted by molar-refractivity contribution is 5.80. The van der Waals surface area contributed by atoms with Gasteiger partial charge >= 0.3 is 5.97 Å². The summed E-state index contributed by atoms with van der Waals surface area (Å²) in [4.78, 5) is 25.8. The first-order valence-electron chi connectivity index (χ1n) is 6.34. The molecule has 0 radical (unpaired) electrons. The van der Waals surface area contributed by atoms with Gasteiger partial charge in [0.05, 0.1) is 6.33 Å². The number of nitrogens with one attached hydrogen (secondary N) is 1. The number of fused-ring (bicyclic) bond motifs is 1. The molecule has 0 saturated carbocycles. The number of carboxylic acids is 1. The highest BCUT2D eigenvalue weighted by Gasteiger charge is 2.06. The van der Waals surface area contributed by atoms with E-state index < -0.39 is 5.97 Å². The van der Waals surface area contributed by atoms with Gasteiger partial charge < -0.3 is 15.8 Å². The van der Waals surface area contributed by atoms with E-state index in [1.807, 2.05) is 0 Å². The van der Waals surface area contributed by atoms with Crippen molar-refractivity contribution in [3.63, 3.8) is 0 Å². The molecule has 7 nitrogen and oxygen atoms in total. The number of rotatable bonds is 7. The van der Waals surface area contributed by atoms with Crippen LogP contribution in [-0.4, -0.2) is 31.0 Å². The average Bonchev–Trinajstić information content (AvgIpc) is 2.82. The molecule has 0 aliphatic carbocycles. The lowest BCUT2D eigenvalue weighted by atomic mass is 10.1. The molecular formula is C12H17N5O2. The highest BCUT2D eigenvalue weighted by Crippen LogP contribution is 2.14. The normalized spacial score (nSPS) is 10.9. The summed E-state index contributed by atoms with van der Waals surface area (Å²) in [6, 6.07) is 0. The third-order valence-electron chi connectivity index (χ3n) is 2.90. The zero-order valence-electron chi connectivity index (χ0n) is 10.6. The Morgan fingerprint density at radius 1 is 1.26 bits per heavy atom. The van der Waals surface area contributed by atoms with Gasteiger partial charge in [0.2, 0.25) is 0 Å². The molecule has 2 rings (SSSR count). The molecule has 2 aromatic heterocycles. The lowest BCUT2D eigenvalue weighted by Crippen LogP contribution is -2.01. The fourth-order valence-electron chi connectivity index (χ4n) is 1.93. The van der Waals surface area contributed by atoms with Crippen molar-refractivity contribution < 1.29 is 9.90 Å². The van der Waals surface area contributed by atoms with Crippen LogP contribution >= 0.6 is 0 Å². The fourth-order valence-corrected chi connectivity index (χ4v) is 1.93. The number of nitrogens with zero attached hydrogens (tertiary/aromatic N) is 3. The second kappa shape index (κ2) is 6.12. The molecule has 0 bridgehead atoms. The van der Waals surface area contributed by atoms with Gasteiger partial charge in [-0.15, -0.1) is 0 Å². The van der Waals surface area contributed by atoms with Crippen LogP contribution in [0.1, 0.15) is 37.9 Å². The van der Waals surface area contributed by atoms with Crippen molar-refractivity contribution in [1.29, 1.82) is 0 Å². The molecule has 0 saturated heterocycles. The van der Waals surface area contributed by atoms with Crippen molar-refractivity contribution in [2.45, 2.75) is 38.5 Å². The molecule has 0 fully saturated rings. The molecule has 0 amide bonds. The Hall–Kier alpha value is -2.18. The Balaban J connectivity index is 1.80. The lowest BCUT2D eigenvalue weighted by molar-refractivity contribution is -0.137. The zero-order chi connectivity index (χ0) is 13.7. The van der Waals surface area contributed by atoms with Gasteiger partial charge in [-0.1, -0.05) is 12.8 Å². The standard InChI is InChI=1S/C12H17N5O2/c13-11-10-12(15-7-14-10)17-8(16-11)5-3-1-2-4-6-9(18)19/h7H,1-6H2,(H,18,19)(H3,13,14,15,16,17). The number of aliphatic carboxylic acids is 1. The van der Waals surface area contributed by atoms with Crippen LogP contribution in [0.2, 0.25) is 0 Å². The van der Waals surface area contributed by atoms with Gasteiger partial charge in [-0.3, -0.25) is 4.79 Å². The minimum absolute atomic E-state index is 0.239. The number of anilines is 1. The van der Waals surface area contributed by atoms with Crippen molar-refractivity contribution in [1.82, 2.24) is 19.9 Å². The number of carbonyl (C=O) groups is 1. The number of unbranched alkanes of at least 4 members (excludes halogenated alkanes) is 3. The minimum Gasteiger partial charge on any atom is -0.481 e. The highest BCUT2D eigenvalue weighted by atomic mass is 16.4. The van der Waals surface area contributed by atoms with E-state index in [-0.39, 0.29) is 6.42 Å². The molecule has 0 atom stereocenters. The van der Waals surface area contributed by atoms with Crippen LogP contribution in [0.15, 0.2) is 6.33 Å². The Morgan fingerprint density at radius 3 is 2.84 bits per heavy atom. The number of carboxylic acid groups (broad SMARTS) is 1. The second-order valence-electron chi connectivity index (χ2n) is 4.43. The topological polar surface area (TPSA) is 118 Å². The predicted molar refractivity (Wildman–Crippen MR) is 70.5 cm³/mol. The maximum absolute atomic E-state index is 10.3. The van der Waals surface area contributed by atoms with Crippen LogP contribution in [0, 0.1) is 0 Å². The molecule has 0 spiro atoms. The van der Waals surface area contributed by atoms with Crippen molar-refractivity contribution >= 4 is 23.0 Å². The number of hydrogen-bond donors (Lipinski definition) is 3. The minimum atomic E-state index is -0.736. The molecule has 19 heavy (non-hydrogen) atoms. The van der Waals surface area contributed by atoms with E-state index in [1.54, 1.807) is 6.33 Å². The van der Waals surface area contributed by atoms with Crippen LogP contribution in [0.3, 0.4) is 0 Å². The number of nitrogens with two attached hydrogens (primary N) is 1. The monoisotopic (exact) mass is 263 g/mol. The largest absolute Gasteiger partial charge is 0.481 e. The maximum atomic E-state index is 10.3. The first-order chi connectivity index (χ1) is 9.16. The SMILES string of the molecule is Nc1nc(CCCCCCC(=O)O)nc2nc[nH]c12. The van der Waals surface area contributed by atoms with Gasteiger partial charge in [0.1, 0.15) is 11.3 Å². The Morgan fingerprint density at radius 2 is 2.05 bits per heavy atom. The summed E-state index contributed by atoms with van der Waals surface area (Å²) in [5, 5.41) is 8.51. The molecular weight excluding hydrogens is 246 g/mol. The quantitative estimate of drug-likeness (QED) is 0.652. The molecule has 4 N–H and O–H groups in total. The average molecular weight is 263 g/mol. The molecule has 2 heterocycles. The summed E-state index contributed by atoms with van der Waals surface area (Å²) < 4.78 is 0. The van der Waals surface area contributed by atoms with Crippen LogP contribution in [-0.2, 0) is 11.2 Å². The van der Waals surface area contributed by atoms with E-state index in [1.165, 1.54) is 0 Å². The van der Waals surface area contributed by atoms with E-state index in [4.69, 9.17) is 10.8 Å². The molecule has 0 unspecified atom stereocenters. The van der Waals surface area contributed by atoms with Gasteiger partial charge in [-0.2, -0.15) is 0 Å². The first-order valence-corrected chi connectivity index (χ1v) is 6.34. The van der Waals surface area contributed by atoms with Crippen molar-refractivity contribution in [3.05, 3.63) is 12.2 Å². The number of H-pyrrole nitrogens is 1. The summed E-state index contributed by atoms with van der Waals surface area (Å²) in [6.45, 7) is 0. The Labute approximate surface area is 110 Å². The van der Waals surface area contributed by atoms with Gasteiger partial charge in [0, 0.05) is 12.8 Å². The zero-order valence-corrected chi connectivity index (χ0v) is 10.6. The first kappa shape index (κ1) is 13.3. The van der Waals surface area contributed by atoms with E-state index in [0.29, 0.717) is 22.8 Å². The van der Waals surface area contributed by atoms with E-state index in [9.17, 15) is 4.79 Å². The lowest BCUT2D eigenvalue weighted by Gasteiger charge is -2.02. The summed E-state index contributed by atoms with van der Waals surface area (Å²) >= 11 is 0. The fraction of sp³-hybridized carbons (Fsp3) is 0.500. The number of aryl methyl sites for hydroxylation is 1. The number of imidazole rings is 1. The Kier molecular flexibility index (Phi) is 4.27. The van der Waals surface area contributed by atoms with Crippen molar-refractivity contribution in [3.8, 4) is 0 Å². The number of aromatic amines is 1. The molecule has 0 aromatic carbocycles. The number of hydrogen-bond acceptors (Lipinski definition) is 5. The van der Waals surface area contributed by atoms with E-state index in [2.05, 4.69) is 19.9 Å². The second-order valence-corrected chi connectivity index (χ2v) is 4.43. The third-order valence-corrected chi connectivity index (χ3v) is 2.90. The predicted octanol–water partition coefficient (Wildman–Crippen LogP) is 1.51.